The smallest absolute Gasteiger partial charge is 0.362 e. The number of anilines is 3. The molecule has 0 saturated heterocycles. The summed E-state index contributed by atoms with van der Waals surface area (Å²) in [5.41, 5.74) is 4.15. The van der Waals surface area contributed by atoms with Gasteiger partial charge in [0.05, 0.1) is 11.3 Å². The Balaban J connectivity index is 1.73. The van der Waals surface area contributed by atoms with Crippen molar-refractivity contribution in [3.8, 4) is 0 Å². The number of rotatable bonds is 7. The van der Waals surface area contributed by atoms with E-state index in [0.717, 1.165) is 24.9 Å². The van der Waals surface area contributed by atoms with Gasteiger partial charge < -0.3 is 14.6 Å². The van der Waals surface area contributed by atoms with Gasteiger partial charge in [-0.05, 0) is 89.2 Å². The van der Waals surface area contributed by atoms with Gasteiger partial charge in [-0.2, -0.15) is 0 Å². The number of halogens is 2. The first-order valence-electron chi connectivity index (χ1n) is 9.21. The SMILES string of the molecule is Cc1cc(I)ccc1Nc1ccc(Br)cc1C(=O)N=[N+]=NCc1ccc(NS(=O)[O-])cc1. The molecule has 1 atom stereocenters. The van der Waals surface area contributed by atoms with Crippen molar-refractivity contribution in [1.29, 1.82) is 0 Å². The minimum atomic E-state index is -2.38. The average molecular weight is 626 g/mol. The first-order valence-corrected chi connectivity index (χ1v) is 12.2. The van der Waals surface area contributed by atoms with Crippen LogP contribution in [-0.4, -0.2) is 14.7 Å². The summed E-state index contributed by atoms with van der Waals surface area (Å²) in [6.07, 6.45) is 0. The van der Waals surface area contributed by atoms with Crippen molar-refractivity contribution in [3.05, 3.63) is 85.4 Å². The summed E-state index contributed by atoms with van der Waals surface area (Å²) in [7, 11) is 0. The number of nitrogens with zero attached hydrogens (tertiary/aromatic N) is 3. The molecule has 0 aliphatic rings. The van der Waals surface area contributed by atoms with E-state index in [1.807, 2.05) is 31.2 Å². The van der Waals surface area contributed by atoms with E-state index in [1.165, 1.54) is 0 Å². The molecule has 1 amide bonds. The molecule has 0 aliphatic heterocycles. The second kappa shape index (κ2) is 11.4. The van der Waals surface area contributed by atoms with Crippen molar-refractivity contribution in [2.45, 2.75) is 13.5 Å². The molecular formula is C21H17BrIN5O3S. The highest BCUT2D eigenvalue weighted by atomic mass is 127. The minimum Gasteiger partial charge on any atom is -0.755 e. The Hall–Kier alpha value is -2.44. The van der Waals surface area contributed by atoms with Gasteiger partial charge >= 0.3 is 5.91 Å². The zero-order valence-electron chi connectivity index (χ0n) is 16.7. The molecule has 0 radical (unpaired) electrons. The fraction of sp³-hybridized carbons (Fsp3) is 0.0952. The lowest BCUT2D eigenvalue weighted by Crippen LogP contribution is -2.03. The van der Waals surface area contributed by atoms with E-state index >= 15 is 0 Å². The fourth-order valence-corrected chi connectivity index (χ4v) is 4.07. The molecular weight excluding hydrogens is 609 g/mol. The van der Waals surface area contributed by atoms with Gasteiger partial charge in [-0.15, -0.1) is 0 Å². The van der Waals surface area contributed by atoms with E-state index in [9.17, 15) is 13.6 Å². The van der Waals surface area contributed by atoms with Crippen LogP contribution in [0.5, 0.6) is 0 Å². The van der Waals surface area contributed by atoms with E-state index < -0.39 is 17.2 Å². The Bertz CT molecular complexity index is 1230. The van der Waals surface area contributed by atoms with Crippen molar-refractivity contribution in [3.63, 3.8) is 0 Å². The highest BCUT2D eigenvalue weighted by Gasteiger charge is 2.16. The molecule has 1 unspecified atom stereocenters. The molecule has 8 nitrogen and oxygen atoms in total. The normalized spacial score (nSPS) is 11.2. The predicted octanol–water partition coefficient (Wildman–Crippen LogP) is 5.62. The van der Waals surface area contributed by atoms with Gasteiger partial charge in [0.2, 0.25) is 10.0 Å². The van der Waals surface area contributed by atoms with Crippen LogP contribution >= 0.6 is 38.5 Å². The van der Waals surface area contributed by atoms with E-state index in [1.54, 1.807) is 36.4 Å². The van der Waals surface area contributed by atoms with Crippen LogP contribution in [0.4, 0.5) is 17.1 Å². The van der Waals surface area contributed by atoms with Crippen LogP contribution in [0.1, 0.15) is 21.5 Å². The lowest BCUT2D eigenvalue weighted by molar-refractivity contribution is 0.0993. The van der Waals surface area contributed by atoms with Gasteiger partial charge in [0, 0.05) is 30.7 Å². The quantitative estimate of drug-likeness (QED) is 0.153. The van der Waals surface area contributed by atoms with Crippen molar-refractivity contribution in [2.24, 2.45) is 10.2 Å². The number of amides is 1. The molecule has 11 heteroatoms. The van der Waals surface area contributed by atoms with E-state index in [0.29, 0.717) is 16.9 Å². The Morgan fingerprint density at radius 2 is 1.84 bits per heavy atom. The van der Waals surface area contributed by atoms with Gasteiger partial charge in [0.15, 0.2) is 0 Å². The number of hydrogen-bond acceptors (Lipinski definition) is 5. The number of carbonyl (C=O) groups is 1. The van der Waals surface area contributed by atoms with Crippen LogP contribution in [0.15, 0.2) is 75.4 Å². The molecule has 2 N–H and O–H groups in total. The molecule has 0 fully saturated rings. The summed E-state index contributed by atoms with van der Waals surface area (Å²) >= 11 is 3.26. The number of carbonyl (C=O) groups excluding carboxylic acids is 1. The van der Waals surface area contributed by atoms with E-state index in [2.05, 4.69) is 63.7 Å². The molecule has 32 heavy (non-hydrogen) atoms. The van der Waals surface area contributed by atoms with Crippen molar-refractivity contribution in [1.82, 2.24) is 4.91 Å². The lowest BCUT2D eigenvalue weighted by atomic mass is 10.1. The van der Waals surface area contributed by atoms with Crippen molar-refractivity contribution in [2.75, 3.05) is 10.0 Å². The standard InChI is InChI=1S/C21H17BrIN5O3S/c1-13-10-16(23)5-9-19(13)25-20-8-4-15(22)11-18(20)21(29)26-28-24-12-14-2-6-17(7-3-14)27-32(30)31/h2-11,27H,12H2,1H3,(H-,25,29,30,31). The molecule has 0 aliphatic carbocycles. The maximum absolute atomic E-state index is 12.7. The topological polar surface area (TPSA) is 120 Å². The maximum atomic E-state index is 12.7. The van der Waals surface area contributed by atoms with Gasteiger partial charge in [-0.25, -0.2) is 0 Å². The Morgan fingerprint density at radius 3 is 2.53 bits per heavy atom. The van der Waals surface area contributed by atoms with Gasteiger partial charge in [0.25, 0.3) is 0 Å². The summed E-state index contributed by atoms with van der Waals surface area (Å²) in [6.45, 7) is 2.19. The average Bonchev–Trinajstić information content (AvgIpc) is 2.75. The van der Waals surface area contributed by atoms with E-state index in [-0.39, 0.29) is 6.54 Å². The molecule has 0 heterocycles. The molecule has 0 aromatic heterocycles. The molecule has 164 valence electrons. The van der Waals surface area contributed by atoms with Crippen LogP contribution in [0, 0.1) is 10.5 Å². The summed E-state index contributed by atoms with van der Waals surface area (Å²) in [5, 5.41) is 10.9. The Kier molecular flexibility index (Phi) is 8.65. The highest BCUT2D eigenvalue weighted by molar-refractivity contribution is 14.1. The summed E-state index contributed by atoms with van der Waals surface area (Å²) in [4.78, 5) is 16.3. The lowest BCUT2D eigenvalue weighted by Gasteiger charge is -2.12. The molecule has 3 aromatic carbocycles. The number of hydrogen-bond donors (Lipinski definition) is 2. The van der Waals surface area contributed by atoms with Gasteiger partial charge in [-0.3, -0.25) is 9.00 Å². The third-order valence-corrected chi connectivity index (χ3v) is 5.84. The first-order chi connectivity index (χ1) is 15.3. The third kappa shape index (κ3) is 7.04. The highest BCUT2D eigenvalue weighted by Crippen LogP contribution is 2.27. The largest absolute Gasteiger partial charge is 0.755 e. The van der Waals surface area contributed by atoms with Crippen molar-refractivity contribution < 1.29 is 13.6 Å². The zero-order chi connectivity index (χ0) is 23.1. The Morgan fingerprint density at radius 1 is 1.12 bits per heavy atom. The van der Waals surface area contributed by atoms with E-state index in [4.69, 9.17) is 0 Å². The number of benzene rings is 3. The molecule has 0 bridgehead atoms. The zero-order valence-corrected chi connectivity index (χ0v) is 21.3. The third-order valence-electron chi connectivity index (χ3n) is 4.28. The minimum absolute atomic E-state index is 0.197. The van der Waals surface area contributed by atoms with Crippen LogP contribution in [-0.2, 0) is 17.8 Å². The predicted molar refractivity (Wildman–Crippen MR) is 135 cm³/mol. The van der Waals surface area contributed by atoms with Crippen LogP contribution in [0.2, 0.25) is 0 Å². The van der Waals surface area contributed by atoms with Crippen LogP contribution < -0.4 is 15.0 Å². The number of aryl methyl sites for hydroxylation is 1. The fourth-order valence-electron chi connectivity index (χ4n) is 2.73. The first kappa shape index (κ1) is 24.2. The molecule has 0 spiro atoms. The maximum Gasteiger partial charge on any atom is 0.362 e. The Labute approximate surface area is 209 Å². The van der Waals surface area contributed by atoms with Crippen LogP contribution in [0.25, 0.3) is 0 Å². The summed E-state index contributed by atoms with van der Waals surface area (Å²) in [5.74, 6) is -0.529. The number of nitrogens with one attached hydrogen (secondary N) is 2. The molecule has 0 saturated carbocycles. The van der Waals surface area contributed by atoms with Gasteiger partial charge in [-0.1, -0.05) is 28.1 Å². The second-order valence-electron chi connectivity index (χ2n) is 6.60. The van der Waals surface area contributed by atoms with Crippen molar-refractivity contribution >= 4 is 72.8 Å². The van der Waals surface area contributed by atoms with Gasteiger partial charge in [0.1, 0.15) is 11.7 Å². The van der Waals surface area contributed by atoms with Crippen LogP contribution in [0.3, 0.4) is 0 Å². The molecule has 3 aromatic rings. The second-order valence-corrected chi connectivity index (χ2v) is 9.44. The monoisotopic (exact) mass is 625 g/mol. The summed E-state index contributed by atoms with van der Waals surface area (Å²) in [6, 6.07) is 17.9. The summed E-state index contributed by atoms with van der Waals surface area (Å²) < 4.78 is 25.4. The molecule has 3 rings (SSSR count).